The highest BCUT2D eigenvalue weighted by Crippen LogP contribution is 2.16. The van der Waals surface area contributed by atoms with Gasteiger partial charge in [0.05, 0.1) is 17.6 Å². The lowest BCUT2D eigenvalue weighted by molar-refractivity contribution is 0.0600. The van der Waals surface area contributed by atoms with Gasteiger partial charge in [-0.3, -0.25) is 10.1 Å². The highest BCUT2D eigenvalue weighted by molar-refractivity contribution is 7.89. The fourth-order valence-electron chi connectivity index (χ4n) is 2.42. The Balaban J connectivity index is 2.03. The number of nitrogens with one attached hydrogen (secondary N) is 3. The summed E-state index contributed by atoms with van der Waals surface area (Å²) in [6.07, 6.45) is 0. The lowest BCUT2D eigenvalue weighted by Gasteiger charge is -2.20. The Bertz CT molecular complexity index is 1060. The molecule has 0 unspecified atom stereocenters. The van der Waals surface area contributed by atoms with Gasteiger partial charge in [0.2, 0.25) is 10.0 Å². The molecular formula is C20H23N3O5S2. The Labute approximate surface area is 181 Å². The van der Waals surface area contributed by atoms with Crippen LogP contribution >= 0.6 is 12.2 Å². The molecule has 10 heteroatoms. The van der Waals surface area contributed by atoms with Crippen LogP contribution in [0.4, 0.5) is 5.69 Å². The fourth-order valence-corrected chi connectivity index (χ4v) is 4.05. The van der Waals surface area contributed by atoms with Crippen LogP contribution in [0.15, 0.2) is 53.4 Å². The van der Waals surface area contributed by atoms with Gasteiger partial charge in [-0.25, -0.2) is 17.9 Å². The van der Waals surface area contributed by atoms with E-state index < -0.39 is 27.4 Å². The average molecular weight is 450 g/mol. The number of methoxy groups -OCH3 is 1. The van der Waals surface area contributed by atoms with E-state index in [1.807, 2.05) is 0 Å². The van der Waals surface area contributed by atoms with E-state index in [1.54, 1.807) is 26.8 Å². The number of carbonyl (C=O) groups excluding carboxylic acids is 2. The molecule has 0 fully saturated rings. The van der Waals surface area contributed by atoms with Crippen LogP contribution in [0.5, 0.6) is 0 Å². The van der Waals surface area contributed by atoms with Crippen molar-refractivity contribution >= 4 is 44.9 Å². The van der Waals surface area contributed by atoms with Crippen LogP contribution in [0.3, 0.4) is 0 Å². The van der Waals surface area contributed by atoms with Gasteiger partial charge >= 0.3 is 5.97 Å². The summed E-state index contributed by atoms with van der Waals surface area (Å²) < 4.78 is 31.9. The summed E-state index contributed by atoms with van der Waals surface area (Å²) in [5.74, 6) is -1.06. The first kappa shape index (κ1) is 23.5. The van der Waals surface area contributed by atoms with Gasteiger partial charge in [-0.1, -0.05) is 6.07 Å². The summed E-state index contributed by atoms with van der Waals surface area (Å²) in [5.41, 5.74) is 0.368. The van der Waals surface area contributed by atoms with Crippen molar-refractivity contribution < 1.29 is 22.7 Å². The smallest absolute Gasteiger partial charge is 0.337 e. The van der Waals surface area contributed by atoms with E-state index in [0.717, 1.165) is 0 Å². The number of hydrogen-bond acceptors (Lipinski definition) is 6. The quantitative estimate of drug-likeness (QED) is 0.475. The first-order chi connectivity index (χ1) is 13.9. The maximum atomic E-state index is 12.3. The molecular weight excluding hydrogens is 426 g/mol. The molecule has 0 aliphatic rings. The second-order valence-electron chi connectivity index (χ2n) is 7.36. The van der Waals surface area contributed by atoms with Crippen molar-refractivity contribution in [1.82, 2.24) is 10.0 Å². The summed E-state index contributed by atoms with van der Waals surface area (Å²) in [6, 6.07) is 12.0. The molecule has 30 heavy (non-hydrogen) atoms. The number of benzene rings is 2. The maximum Gasteiger partial charge on any atom is 0.337 e. The lowest BCUT2D eigenvalue weighted by Crippen LogP contribution is -2.40. The third-order valence-corrected chi connectivity index (χ3v) is 5.61. The summed E-state index contributed by atoms with van der Waals surface area (Å²) in [5, 5.41) is 5.33. The third kappa shape index (κ3) is 6.61. The normalized spacial score (nSPS) is 11.5. The molecule has 2 aromatic carbocycles. The summed E-state index contributed by atoms with van der Waals surface area (Å²) in [4.78, 5) is 24.0. The number of carbonyl (C=O) groups is 2. The molecule has 8 nitrogen and oxygen atoms in total. The van der Waals surface area contributed by atoms with E-state index in [9.17, 15) is 18.0 Å². The van der Waals surface area contributed by atoms with Gasteiger partial charge in [-0.15, -0.1) is 0 Å². The number of thiocarbonyl (C=S) groups is 1. The molecule has 0 heterocycles. The van der Waals surface area contributed by atoms with Crippen LogP contribution in [0.2, 0.25) is 0 Å². The van der Waals surface area contributed by atoms with Gasteiger partial charge in [0.25, 0.3) is 5.91 Å². The van der Waals surface area contributed by atoms with Gasteiger partial charge in [-0.05, 0) is 75.5 Å². The van der Waals surface area contributed by atoms with Crippen LogP contribution in [0.1, 0.15) is 41.5 Å². The summed E-state index contributed by atoms with van der Waals surface area (Å²) >= 11 is 5.13. The zero-order valence-corrected chi connectivity index (χ0v) is 18.6. The highest BCUT2D eigenvalue weighted by Gasteiger charge is 2.21. The minimum atomic E-state index is -3.65. The molecule has 2 rings (SSSR count). The topological polar surface area (TPSA) is 114 Å². The second kappa shape index (κ2) is 9.33. The van der Waals surface area contributed by atoms with E-state index in [4.69, 9.17) is 12.2 Å². The molecule has 160 valence electrons. The van der Waals surface area contributed by atoms with Crippen LogP contribution in [-0.2, 0) is 14.8 Å². The second-order valence-corrected chi connectivity index (χ2v) is 9.45. The van der Waals surface area contributed by atoms with Crippen molar-refractivity contribution in [1.29, 1.82) is 0 Å². The van der Waals surface area contributed by atoms with E-state index in [1.165, 1.54) is 49.6 Å². The number of anilines is 1. The van der Waals surface area contributed by atoms with Crippen molar-refractivity contribution in [3.63, 3.8) is 0 Å². The molecule has 0 aromatic heterocycles. The van der Waals surface area contributed by atoms with Gasteiger partial charge in [0.15, 0.2) is 5.11 Å². The molecule has 3 N–H and O–H groups in total. The predicted octanol–water partition coefficient (Wildman–Crippen LogP) is 2.68. The Hall–Kier alpha value is -2.82. The molecule has 0 radical (unpaired) electrons. The molecule has 0 spiro atoms. The first-order valence-corrected chi connectivity index (χ1v) is 10.8. The van der Waals surface area contributed by atoms with Crippen molar-refractivity contribution in [2.75, 3.05) is 12.4 Å². The number of rotatable bonds is 5. The molecule has 0 bridgehead atoms. The Morgan fingerprint density at radius 3 is 2.17 bits per heavy atom. The van der Waals surface area contributed by atoms with E-state index >= 15 is 0 Å². The monoisotopic (exact) mass is 449 g/mol. The molecule has 0 saturated heterocycles. The van der Waals surface area contributed by atoms with Gasteiger partial charge in [0, 0.05) is 16.8 Å². The Morgan fingerprint density at radius 1 is 1.00 bits per heavy atom. The van der Waals surface area contributed by atoms with Gasteiger partial charge < -0.3 is 10.1 Å². The average Bonchev–Trinajstić information content (AvgIpc) is 2.66. The zero-order valence-electron chi connectivity index (χ0n) is 17.0. The minimum Gasteiger partial charge on any atom is -0.465 e. The number of hydrogen-bond donors (Lipinski definition) is 3. The van der Waals surface area contributed by atoms with Crippen LogP contribution in [0.25, 0.3) is 0 Å². The standard InChI is InChI=1S/C20H23N3O5S2/c1-20(2,3)23-30(26,27)16-10-8-15(9-11-16)21-19(29)22-17(24)13-6-5-7-14(12-13)18(25)28-4/h5-12,23H,1-4H3,(H2,21,22,24,29). The number of esters is 1. The number of ether oxygens (including phenoxy) is 1. The van der Waals surface area contributed by atoms with Crippen molar-refractivity contribution in [3.8, 4) is 0 Å². The van der Waals surface area contributed by atoms with Crippen molar-refractivity contribution in [2.45, 2.75) is 31.2 Å². The highest BCUT2D eigenvalue weighted by atomic mass is 32.2. The fraction of sp³-hybridized carbons (Fsp3) is 0.250. The number of amides is 1. The molecule has 1 amide bonds. The van der Waals surface area contributed by atoms with Crippen LogP contribution in [0, 0.1) is 0 Å². The Morgan fingerprint density at radius 2 is 1.60 bits per heavy atom. The summed E-state index contributed by atoms with van der Waals surface area (Å²) in [6.45, 7) is 5.26. The van der Waals surface area contributed by atoms with E-state index in [-0.39, 0.29) is 21.1 Å². The Kier molecular flexibility index (Phi) is 7.30. The third-order valence-electron chi connectivity index (χ3n) is 3.64. The molecule has 0 aliphatic heterocycles. The minimum absolute atomic E-state index is 0.0203. The van der Waals surface area contributed by atoms with Crippen LogP contribution < -0.4 is 15.4 Å². The van der Waals surface area contributed by atoms with Crippen molar-refractivity contribution in [3.05, 3.63) is 59.7 Å². The van der Waals surface area contributed by atoms with Crippen LogP contribution in [-0.4, -0.2) is 38.1 Å². The predicted molar refractivity (Wildman–Crippen MR) is 118 cm³/mol. The SMILES string of the molecule is COC(=O)c1cccc(C(=O)NC(=S)Nc2ccc(S(=O)(=O)NC(C)(C)C)cc2)c1. The van der Waals surface area contributed by atoms with E-state index in [0.29, 0.717) is 5.69 Å². The van der Waals surface area contributed by atoms with Crippen molar-refractivity contribution in [2.24, 2.45) is 0 Å². The summed E-state index contributed by atoms with van der Waals surface area (Å²) in [7, 11) is -2.40. The molecule has 0 atom stereocenters. The van der Waals surface area contributed by atoms with Gasteiger partial charge in [-0.2, -0.15) is 0 Å². The van der Waals surface area contributed by atoms with E-state index in [2.05, 4.69) is 20.1 Å². The largest absolute Gasteiger partial charge is 0.465 e. The zero-order chi connectivity index (χ0) is 22.5. The first-order valence-electron chi connectivity index (χ1n) is 8.86. The van der Waals surface area contributed by atoms with Gasteiger partial charge in [0.1, 0.15) is 0 Å². The molecule has 2 aromatic rings. The maximum absolute atomic E-state index is 12.3. The number of sulfonamides is 1. The molecule has 0 saturated carbocycles. The molecule has 0 aliphatic carbocycles. The lowest BCUT2D eigenvalue weighted by atomic mass is 10.1.